The molecule has 48 heavy (non-hydrogen) atoms. The predicted molar refractivity (Wildman–Crippen MR) is 186 cm³/mol. The number of hydrogen-bond acceptors (Lipinski definition) is 6. The third-order valence-corrected chi connectivity index (χ3v) is 7.07. The highest BCUT2D eigenvalue weighted by Gasteiger charge is 2.16. The number of aromatic nitrogens is 4. The Bertz CT molecular complexity index is 1790. The highest BCUT2D eigenvalue weighted by Crippen LogP contribution is 2.24. The summed E-state index contributed by atoms with van der Waals surface area (Å²) in [5, 5.41) is 12.1. The van der Waals surface area contributed by atoms with Crippen LogP contribution in [0.25, 0.3) is 11.0 Å². The standard InChI is InChI=1S/C18H18F2N4OS.C14H16F2N4OS/c1-2-25-15-8-7-12(19)11(16(15)20)9-10-21-18(26)24-17-22-13-5-3-4-6-14(13)23-17;1-2-21-11-4-3-10(15)9(12(11)16)5-6-19-14(22)20-13-17-7-8-18-13/h3-8H,2,9-10H2,1H3,(H3,21,22,23,24,26);3-4,7-8H,2,5-6H2,1H3,(H3,17,18,19,20,22). The van der Waals surface area contributed by atoms with Crippen LogP contribution in [0, 0.1) is 23.3 Å². The van der Waals surface area contributed by atoms with Crippen molar-refractivity contribution in [3.8, 4) is 11.5 Å². The lowest BCUT2D eigenvalue weighted by Crippen LogP contribution is -2.30. The predicted octanol–water partition coefficient (Wildman–Crippen LogP) is 6.38. The molecule has 0 aliphatic carbocycles. The molecule has 6 N–H and O–H groups in total. The van der Waals surface area contributed by atoms with E-state index in [0.717, 1.165) is 11.0 Å². The molecule has 0 atom stereocenters. The molecule has 0 aliphatic rings. The van der Waals surface area contributed by atoms with Gasteiger partial charge in [-0.05, 0) is 87.5 Å². The van der Waals surface area contributed by atoms with Crippen molar-refractivity contribution in [1.82, 2.24) is 30.6 Å². The molecule has 2 heterocycles. The van der Waals surface area contributed by atoms with Gasteiger partial charge in [-0.3, -0.25) is 0 Å². The van der Waals surface area contributed by atoms with E-state index in [1.54, 1.807) is 26.2 Å². The zero-order valence-electron chi connectivity index (χ0n) is 26.1. The first kappa shape index (κ1) is 35.9. The van der Waals surface area contributed by atoms with Crippen LogP contribution in [0.5, 0.6) is 11.5 Å². The largest absolute Gasteiger partial charge is 0.491 e. The zero-order chi connectivity index (χ0) is 34.5. The quantitative estimate of drug-likeness (QED) is 0.0645. The number of rotatable bonds is 12. The average molecular weight is 703 g/mol. The monoisotopic (exact) mass is 702 g/mol. The first-order valence-corrected chi connectivity index (χ1v) is 15.7. The van der Waals surface area contributed by atoms with E-state index in [1.807, 2.05) is 24.3 Å². The number of benzene rings is 3. The van der Waals surface area contributed by atoms with Crippen LogP contribution < -0.4 is 30.7 Å². The van der Waals surface area contributed by atoms with Crippen molar-refractivity contribution >= 4 is 57.6 Å². The summed E-state index contributed by atoms with van der Waals surface area (Å²) in [5.41, 5.74) is 1.64. The lowest BCUT2D eigenvalue weighted by Gasteiger charge is -2.12. The van der Waals surface area contributed by atoms with Crippen molar-refractivity contribution in [1.29, 1.82) is 0 Å². The number of nitrogens with zero attached hydrogens (tertiary/aromatic N) is 2. The second-order valence-corrected chi connectivity index (χ2v) is 10.7. The molecule has 5 rings (SSSR count). The normalized spacial score (nSPS) is 10.5. The van der Waals surface area contributed by atoms with Gasteiger partial charge in [0.15, 0.2) is 33.4 Å². The molecule has 0 amide bonds. The van der Waals surface area contributed by atoms with Crippen LogP contribution in [-0.2, 0) is 12.8 Å². The van der Waals surface area contributed by atoms with Crippen molar-refractivity contribution in [2.24, 2.45) is 0 Å². The van der Waals surface area contributed by atoms with Gasteiger partial charge in [-0.2, -0.15) is 0 Å². The van der Waals surface area contributed by atoms with Crippen LogP contribution in [0.1, 0.15) is 25.0 Å². The van der Waals surface area contributed by atoms with Gasteiger partial charge in [0.05, 0.1) is 24.2 Å². The first-order chi connectivity index (χ1) is 23.2. The maximum absolute atomic E-state index is 14.3. The molecule has 0 unspecified atom stereocenters. The number of ether oxygens (including phenoxy) is 2. The van der Waals surface area contributed by atoms with Gasteiger partial charge in [0.25, 0.3) is 0 Å². The summed E-state index contributed by atoms with van der Waals surface area (Å²) < 4.78 is 66.2. The molecular weight excluding hydrogens is 669 g/mol. The number of para-hydroxylation sites is 2. The van der Waals surface area contributed by atoms with Gasteiger partial charge in [0.1, 0.15) is 11.6 Å². The van der Waals surface area contributed by atoms with Gasteiger partial charge in [-0.15, -0.1) is 0 Å². The Kier molecular flexibility index (Phi) is 13.3. The number of H-pyrrole nitrogens is 2. The van der Waals surface area contributed by atoms with E-state index in [9.17, 15) is 17.6 Å². The molecule has 0 fully saturated rings. The fourth-order valence-corrected chi connectivity index (χ4v) is 4.79. The molecule has 0 saturated carbocycles. The third kappa shape index (κ3) is 10.0. The van der Waals surface area contributed by atoms with Gasteiger partial charge < -0.3 is 40.7 Å². The Hall–Kier alpha value is -4.96. The van der Waals surface area contributed by atoms with E-state index in [2.05, 4.69) is 41.2 Å². The van der Waals surface area contributed by atoms with Crippen molar-refractivity contribution in [2.75, 3.05) is 36.9 Å². The van der Waals surface area contributed by atoms with Gasteiger partial charge in [-0.25, -0.2) is 27.5 Å². The van der Waals surface area contributed by atoms with Gasteiger partial charge in [0.2, 0.25) is 11.9 Å². The first-order valence-electron chi connectivity index (χ1n) is 14.9. The summed E-state index contributed by atoms with van der Waals surface area (Å²) >= 11 is 10.3. The molecule has 254 valence electrons. The minimum absolute atomic E-state index is 0.0285. The number of imidazole rings is 2. The lowest BCUT2D eigenvalue weighted by atomic mass is 10.1. The van der Waals surface area contributed by atoms with Gasteiger partial charge in [-0.1, -0.05) is 12.1 Å². The Morgan fingerprint density at radius 1 is 0.750 bits per heavy atom. The minimum Gasteiger partial charge on any atom is -0.491 e. The van der Waals surface area contributed by atoms with Crippen molar-refractivity contribution in [3.05, 3.63) is 95.3 Å². The molecule has 10 nitrogen and oxygen atoms in total. The number of anilines is 2. The summed E-state index contributed by atoms with van der Waals surface area (Å²) in [6.45, 7) is 4.64. The summed E-state index contributed by atoms with van der Waals surface area (Å²) in [6.07, 6.45) is 3.49. The number of thiocarbonyl (C=S) groups is 2. The van der Waals surface area contributed by atoms with E-state index < -0.39 is 23.3 Å². The van der Waals surface area contributed by atoms with E-state index in [0.29, 0.717) is 35.3 Å². The molecular formula is C32H34F4N8O2S2. The fraction of sp³-hybridized carbons (Fsp3) is 0.250. The smallest absolute Gasteiger partial charge is 0.207 e. The summed E-state index contributed by atoms with van der Waals surface area (Å²) in [6, 6.07) is 12.6. The molecule has 5 aromatic rings. The highest BCUT2D eigenvalue weighted by molar-refractivity contribution is 7.80. The molecule has 0 saturated heterocycles. The number of nitrogens with one attached hydrogen (secondary N) is 6. The lowest BCUT2D eigenvalue weighted by molar-refractivity contribution is 0.318. The third-order valence-electron chi connectivity index (χ3n) is 6.57. The number of halogens is 4. The second kappa shape index (κ2) is 17.8. The molecule has 0 aliphatic heterocycles. The van der Waals surface area contributed by atoms with Crippen LogP contribution in [0.2, 0.25) is 0 Å². The van der Waals surface area contributed by atoms with Crippen molar-refractivity contribution < 1.29 is 27.0 Å². The fourth-order valence-electron chi connectivity index (χ4n) is 4.40. The second-order valence-electron chi connectivity index (χ2n) is 9.84. The molecule has 0 bridgehead atoms. The van der Waals surface area contributed by atoms with Gasteiger partial charge >= 0.3 is 0 Å². The summed E-state index contributed by atoms with van der Waals surface area (Å²) in [4.78, 5) is 14.2. The van der Waals surface area contributed by atoms with Crippen LogP contribution in [0.4, 0.5) is 29.5 Å². The Morgan fingerprint density at radius 3 is 1.79 bits per heavy atom. The van der Waals surface area contributed by atoms with E-state index in [1.165, 1.54) is 24.3 Å². The highest BCUT2D eigenvalue weighted by atomic mass is 32.1. The maximum atomic E-state index is 14.3. The van der Waals surface area contributed by atoms with E-state index in [4.69, 9.17) is 33.9 Å². The number of fused-ring (bicyclic) bond motifs is 1. The molecule has 0 radical (unpaired) electrons. The molecule has 16 heteroatoms. The Balaban J connectivity index is 0.000000220. The number of hydrogen-bond donors (Lipinski definition) is 6. The van der Waals surface area contributed by atoms with Crippen LogP contribution >= 0.6 is 24.4 Å². The topological polar surface area (TPSA) is 124 Å². The average Bonchev–Trinajstić information content (AvgIpc) is 3.73. The van der Waals surface area contributed by atoms with E-state index in [-0.39, 0.29) is 48.6 Å². The molecule has 3 aromatic carbocycles. The summed E-state index contributed by atoms with van der Waals surface area (Å²) in [7, 11) is 0. The summed E-state index contributed by atoms with van der Waals surface area (Å²) in [5.74, 6) is -1.47. The van der Waals surface area contributed by atoms with Crippen LogP contribution in [0.3, 0.4) is 0 Å². The van der Waals surface area contributed by atoms with Crippen LogP contribution in [-0.4, -0.2) is 56.5 Å². The van der Waals surface area contributed by atoms with Crippen LogP contribution in [0.15, 0.2) is 60.9 Å². The van der Waals surface area contributed by atoms with Crippen molar-refractivity contribution in [2.45, 2.75) is 26.7 Å². The SMILES string of the molecule is CCOc1ccc(F)c(CCNC(=S)Nc2nc3ccccc3[nH]2)c1F.CCOc1ccc(F)c(CCNC(=S)Nc2ncc[nH]2)c1F. The maximum Gasteiger partial charge on any atom is 0.207 e. The molecule has 0 spiro atoms. The Labute approximate surface area is 285 Å². The van der Waals surface area contributed by atoms with Crippen molar-refractivity contribution in [3.63, 3.8) is 0 Å². The van der Waals surface area contributed by atoms with E-state index >= 15 is 0 Å². The molecule has 2 aromatic heterocycles. The zero-order valence-corrected chi connectivity index (χ0v) is 27.7. The minimum atomic E-state index is -0.676. The number of aromatic amines is 2. The Morgan fingerprint density at radius 2 is 1.29 bits per heavy atom. The van der Waals surface area contributed by atoms with Gasteiger partial charge in [0, 0.05) is 36.6 Å².